The highest BCUT2D eigenvalue weighted by Gasteiger charge is 2.42. The standard InChI is InChI=1S/C13H16F2N2O2S.ClH/c1-8-2-13(12(15)3-11(8)14)20(18,19)17-6-9-4-16-5-10(9)7-17;/h2-3,9-10,16H,4-7H2,1H3;1H/t9-,10+;. The van der Waals surface area contributed by atoms with E-state index in [1.807, 2.05) is 0 Å². The molecule has 0 amide bonds. The van der Waals surface area contributed by atoms with Crippen molar-refractivity contribution < 1.29 is 17.2 Å². The Labute approximate surface area is 129 Å². The van der Waals surface area contributed by atoms with Crippen LogP contribution in [0.2, 0.25) is 0 Å². The first-order chi connectivity index (χ1) is 9.39. The van der Waals surface area contributed by atoms with Crippen LogP contribution in [0.25, 0.3) is 0 Å². The van der Waals surface area contributed by atoms with Crippen LogP contribution in [0.5, 0.6) is 0 Å². The Hall–Kier alpha value is -0.760. The number of rotatable bonds is 2. The fourth-order valence-corrected chi connectivity index (χ4v) is 4.66. The van der Waals surface area contributed by atoms with E-state index >= 15 is 0 Å². The molecule has 0 aliphatic carbocycles. The minimum atomic E-state index is -3.89. The molecule has 0 spiro atoms. The van der Waals surface area contributed by atoms with Crippen molar-refractivity contribution in [3.63, 3.8) is 0 Å². The lowest BCUT2D eigenvalue weighted by atomic mass is 10.0. The number of sulfonamides is 1. The second-order valence-electron chi connectivity index (χ2n) is 5.53. The van der Waals surface area contributed by atoms with Gasteiger partial charge in [0.15, 0.2) is 0 Å². The van der Waals surface area contributed by atoms with Crippen LogP contribution in [-0.4, -0.2) is 38.9 Å². The summed E-state index contributed by atoms with van der Waals surface area (Å²) in [5.74, 6) is -1.18. The molecular formula is C13H17ClF2N2O2S. The normalized spacial score (nSPS) is 25.7. The van der Waals surface area contributed by atoms with Crippen molar-refractivity contribution in [2.45, 2.75) is 11.8 Å². The molecule has 0 bridgehead atoms. The number of hydrogen-bond donors (Lipinski definition) is 1. The Morgan fingerprint density at radius 1 is 1.14 bits per heavy atom. The summed E-state index contributed by atoms with van der Waals surface area (Å²) in [7, 11) is -3.89. The SMILES string of the molecule is Cc1cc(S(=O)(=O)N2C[C@H]3CNC[C@H]3C2)c(F)cc1F.Cl. The third-order valence-electron chi connectivity index (χ3n) is 4.19. The Morgan fingerprint density at radius 3 is 2.29 bits per heavy atom. The van der Waals surface area contributed by atoms with Gasteiger partial charge in [0.25, 0.3) is 0 Å². The van der Waals surface area contributed by atoms with Gasteiger partial charge in [-0.25, -0.2) is 17.2 Å². The second-order valence-corrected chi connectivity index (χ2v) is 7.44. The molecule has 8 heteroatoms. The summed E-state index contributed by atoms with van der Waals surface area (Å²) in [5, 5.41) is 3.22. The first-order valence-corrected chi connectivity index (χ1v) is 8.00. The second kappa shape index (κ2) is 5.79. The first kappa shape index (κ1) is 16.6. The van der Waals surface area contributed by atoms with E-state index in [1.165, 1.54) is 11.2 Å². The highest BCUT2D eigenvalue weighted by Crippen LogP contribution is 2.32. The summed E-state index contributed by atoms with van der Waals surface area (Å²) in [6.07, 6.45) is 0. The summed E-state index contributed by atoms with van der Waals surface area (Å²) >= 11 is 0. The Bertz CT molecular complexity index is 642. The van der Waals surface area contributed by atoms with Gasteiger partial charge in [0.2, 0.25) is 10.0 Å². The first-order valence-electron chi connectivity index (χ1n) is 6.56. The largest absolute Gasteiger partial charge is 0.316 e. The Balaban J connectivity index is 0.00000161. The molecule has 0 saturated carbocycles. The van der Waals surface area contributed by atoms with Crippen LogP contribution in [0.4, 0.5) is 8.78 Å². The predicted molar refractivity (Wildman–Crippen MR) is 77.0 cm³/mol. The molecule has 4 nitrogen and oxygen atoms in total. The van der Waals surface area contributed by atoms with Crippen LogP contribution >= 0.6 is 12.4 Å². The molecule has 3 rings (SSSR count). The lowest BCUT2D eigenvalue weighted by Crippen LogP contribution is -2.32. The van der Waals surface area contributed by atoms with Crippen LogP contribution in [0, 0.1) is 30.4 Å². The van der Waals surface area contributed by atoms with E-state index in [-0.39, 0.29) is 29.8 Å². The number of nitrogens with one attached hydrogen (secondary N) is 1. The van der Waals surface area contributed by atoms with Crippen molar-refractivity contribution in [1.82, 2.24) is 9.62 Å². The van der Waals surface area contributed by atoms with E-state index in [9.17, 15) is 17.2 Å². The van der Waals surface area contributed by atoms with Crippen LogP contribution in [0.15, 0.2) is 17.0 Å². The molecule has 1 aromatic carbocycles. The van der Waals surface area contributed by atoms with Gasteiger partial charge in [-0.15, -0.1) is 12.4 Å². The van der Waals surface area contributed by atoms with Crippen LogP contribution in [0.3, 0.4) is 0 Å². The summed E-state index contributed by atoms with van der Waals surface area (Å²) < 4.78 is 53.4. The topological polar surface area (TPSA) is 49.4 Å². The summed E-state index contributed by atoms with van der Waals surface area (Å²) in [6, 6.07) is 1.72. The number of nitrogens with zero attached hydrogens (tertiary/aromatic N) is 1. The fourth-order valence-electron chi connectivity index (χ4n) is 2.98. The molecule has 1 aromatic rings. The zero-order valence-corrected chi connectivity index (χ0v) is 13.1. The molecule has 2 aliphatic rings. The van der Waals surface area contributed by atoms with Crippen molar-refractivity contribution in [1.29, 1.82) is 0 Å². The molecule has 0 aromatic heterocycles. The van der Waals surface area contributed by atoms with Gasteiger partial charge < -0.3 is 5.32 Å². The van der Waals surface area contributed by atoms with Gasteiger partial charge >= 0.3 is 0 Å². The number of fused-ring (bicyclic) bond motifs is 1. The lowest BCUT2D eigenvalue weighted by molar-refractivity contribution is 0.442. The Kier molecular flexibility index (Phi) is 4.58. The molecule has 0 unspecified atom stereocenters. The van der Waals surface area contributed by atoms with E-state index in [4.69, 9.17) is 0 Å². The molecule has 21 heavy (non-hydrogen) atoms. The van der Waals surface area contributed by atoms with Gasteiger partial charge in [0.1, 0.15) is 16.5 Å². The molecule has 0 radical (unpaired) electrons. The minimum Gasteiger partial charge on any atom is -0.316 e. The van der Waals surface area contributed by atoms with E-state index in [0.29, 0.717) is 19.2 Å². The van der Waals surface area contributed by atoms with E-state index in [1.54, 1.807) is 0 Å². The maximum atomic E-state index is 13.8. The van der Waals surface area contributed by atoms with Crippen LogP contribution in [-0.2, 0) is 10.0 Å². The Morgan fingerprint density at radius 2 is 1.71 bits per heavy atom. The molecule has 2 fully saturated rings. The molecule has 2 atom stereocenters. The smallest absolute Gasteiger partial charge is 0.246 e. The van der Waals surface area contributed by atoms with Crippen molar-refractivity contribution in [2.24, 2.45) is 11.8 Å². The zero-order chi connectivity index (χ0) is 14.5. The molecular weight excluding hydrogens is 322 g/mol. The number of halogens is 3. The molecule has 2 saturated heterocycles. The van der Waals surface area contributed by atoms with Crippen molar-refractivity contribution in [3.05, 3.63) is 29.3 Å². The molecule has 1 N–H and O–H groups in total. The molecule has 2 aliphatic heterocycles. The third kappa shape index (κ3) is 2.79. The van der Waals surface area contributed by atoms with Crippen molar-refractivity contribution in [2.75, 3.05) is 26.2 Å². The summed E-state index contributed by atoms with van der Waals surface area (Å²) in [4.78, 5) is -0.427. The van der Waals surface area contributed by atoms with Crippen molar-refractivity contribution >= 4 is 22.4 Å². The van der Waals surface area contributed by atoms with E-state index < -0.39 is 26.6 Å². The van der Waals surface area contributed by atoms with E-state index in [2.05, 4.69) is 5.32 Å². The number of aryl methyl sites for hydroxylation is 1. The van der Waals surface area contributed by atoms with Gasteiger partial charge in [-0.3, -0.25) is 0 Å². The van der Waals surface area contributed by atoms with Crippen molar-refractivity contribution in [3.8, 4) is 0 Å². The highest BCUT2D eigenvalue weighted by atomic mass is 35.5. The van der Waals surface area contributed by atoms with Gasteiger partial charge in [-0.05, 0) is 43.5 Å². The fraction of sp³-hybridized carbons (Fsp3) is 0.538. The lowest BCUT2D eigenvalue weighted by Gasteiger charge is -2.18. The van der Waals surface area contributed by atoms with Crippen LogP contribution in [0.1, 0.15) is 5.56 Å². The average molecular weight is 339 g/mol. The quantitative estimate of drug-likeness (QED) is 0.890. The zero-order valence-electron chi connectivity index (χ0n) is 11.5. The number of hydrogen-bond acceptors (Lipinski definition) is 3. The average Bonchev–Trinajstić information content (AvgIpc) is 2.94. The van der Waals surface area contributed by atoms with Crippen LogP contribution < -0.4 is 5.32 Å². The summed E-state index contributed by atoms with van der Waals surface area (Å²) in [5.41, 5.74) is 0.131. The van der Waals surface area contributed by atoms with Gasteiger partial charge in [0.05, 0.1) is 0 Å². The van der Waals surface area contributed by atoms with E-state index in [0.717, 1.165) is 19.2 Å². The molecule has 118 valence electrons. The monoisotopic (exact) mass is 338 g/mol. The minimum absolute atomic E-state index is 0. The number of benzene rings is 1. The maximum Gasteiger partial charge on any atom is 0.246 e. The predicted octanol–water partition coefficient (Wildman–Crippen LogP) is 1.53. The molecule has 2 heterocycles. The van der Waals surface area contributed by atoms with Gasteiger partial charge in [-0.1, -0.05) is 0 Å². The van der Waals surface area contributed by atoms with Gasteiger partial charge in [0, 0.05) is 19.2 Å². The van der Waals surface area contributed by atoms with Gasteiger partial charge in [-0.2, -0.15) is 4.31 Å². The summed E-state index contributed by atoms with van der Waals surface area (Å²) in [6.45, 7) is 3.81. The highest BCUT2D eigenvalue weighted by molar-refractivity contribution is 7.89. The maximum absolute atomic E-state index is 13.8. The third-order valence-corrected chi connectivity index (χ3v) is 6.03.